The van der Waals surface area contributed by atoms with E-state index in [-0.39, 0.29) is 6.04 Å². The zero-order chi connectivity index (χ0) is 16.4. The monoisotopic (exact) mass is 335 g/mol. The highest BCUT2D eigenvalue weighted by atomic mass is 16.5. The molecule has 134 valence electrons. The minimum Gasteiger partial charge on any atom is -0.376 e. The van der Waals surface area contributed by atoms with E-state index in [1.807, 2.05) is 4.68 Å². The van der Waals surface area contributed by atoms with Gasteiger partial charge in [-0.15, -0.1) is 5.10 Å². The fourth-order valence-electron chi connectivity index (χ4n) is 3.83. The number of hydrogen-bond donors (Lipinski definition) is 0. The molecule has 3 aliphatic rings. The Balaban J connectivity index is 1.24. The molecule has 3 heterocycles. The Bertz CT molecular complexity index is 519. The molecule has 1 aromatic heterocycles. The highest BCUT2D eigenvalue weighted by molar-refractivity contribution is 4.97. The Kier molecular flexibility index (Phi) is 5.10. The second kappa shape index (κ2) is 7.45. The van der Waals surface area contributed by atoms with Crippen LogP contribution in [-0.2, 0) is 9.47 Å². The van der Waals surface area contributed by atoms with E-state index in [1.54, 1.807) is 0 Å². The lowest BCUT2D eigenvalue weighted by Crippen LogP contribution is -2.40. The lowest BCUT2D eigenvalue weighted by atomic mass is 10.1. The number of likely N-dealkylation sites (tertiary alicyclic amines) is 1. The van der Waals surface area contributed by atoms with Crippen LogP contribution < -0.4 is 0 Å². The summed E-state index contributed by atoms with van der Waals surface area (Å²) >= 11 is 0. The van der Waals surface area contributed by atoms with Crippen LogP contribution in [-0.4, -0.2) is 63.6 Å². The van der Waals surface area contributed by atoms with Crippen LogP contribution in [0, 0.1) is 0 Å². The van der Waals surface area contributed by atoms with Gasteiger partial charge in [0.15, 0.2) is 5.82 Å². The Labute approximate surface area is 143 Å². The molecule has 2 saturated heterocycles. The van der Waals surface area contributed by atoms with Gasteiger partial charge in [-0.2, -0.15) is 0 Å². The SMILES string of the molecule is C[C@@H](c1nnnn1C1CC1)N1CCC(OC[C@@H]2CCCCO2)CC1. The van der Waals surface area contributed by atoms with Crippen molar-refractivity contribution >= 4 is 0 Å². The first-order valence-electron chi connectivity index (χ1n) is 9.56. The number of tetrazole rings is 1. The molecule has 2 aliphatic heterocycles. The molecule has 7 nitrogen and oxygen atoms in total. The molecule has 7 heteroatoms. The molecule has 1 aliphatic carbocycles. The van der Waals surface area contributed by atoms with Gasteiger partial charge >= 0.3 is 0 Å². The number of hydrogen-bond acceptors (Lipinski definition) is 6. The van der Waals surface area contributed by atoms with Gasteiger partial charge in [-0.1, -0.05) is 0 Å². The number of aromatic nitrogens is 4. The molecule has 0 unspecified atom stereocenters. The third-order valence-electron chi connectivity index (χ3n) is 5.60. The van der Waals surface area contributed by atoms with Crippen LogP contribution >= 0.6 is 0 Å². The lowest BCUT2D eigenvalue weighted by molar-refractivity contribution is -0.0771. The maximum atomic E-state index is 6.12. The topological polar surface area (TPSA) is 65.3 Å². The van der Waals surface area contributed by atoms with Gasteiger partial charge in [0.2, 0.25) is 0 Å². The minimum absolute atomic E-state index is 0.281. The van der Waals surface area contributed by atoms with Crippen molar-refractivity contribution in [2.24, 2.45) is 0 Å². The highest BCUT2D eigenvalue weighted by Crippen LogP contribution is 2.36. The largest absolute Gasteiger partial charge is 0.376 e. The third kappa shape index (κ3) is 3.78. The lowest BCUT2D eigenvalue weighted by Gasteiger charge is -2.36. The summed E-state index contributed by atoms with van der Waals surface area (Å²) in [5.41, 5.74) is 0. The highest BCUT2D eigenvalue weighted by Gasteiger charge is 2.32. The quantitative estimate of drug-likeness (QED) is 0.793. The van der Waals surface area contributed by atoms with E-state index in [4.69, 9.17) is 9.47 Å². The van der Waals surface area contributed by atoms with E-state index >= 15 is 0 Å². The van der Waals surface area contributed by atoms with Gasteiger partial charge < -0.3 is 9.47 Å². The molecular weight excluding hydrogens is 306 g/mol. The van der Waals surface area contributed by atoms with Gasteiger partial charge in [0, 0.05) is 19.7 Å². The molecule has 0 spiro atoms. The molecular formula is C17H29N5O2. The van der Waals surface area contributed by atoms with Crippen LogP contribution in [0.4, 0.5) is 0 Å². The van der Waals surface area contributed by atoms with E-state index < -0.39 is 0 Å². The number of nitrogens with zero attached hydrogens (tertiary/aromatic N) is 5. The molecule has 0 radical (unpaired) electrons. The van der Waals surface area contributed by atoms with Gasteiger partial charge in [0.1, 0.15) is 0 Å². The van der Waals surface area contributed by atoms with Crippen molar-refractivity contribution in [3.63, 3.8) is 0 Å². The Hall–Kier alpha value is -1.05. The average molecular weight is 335 g/mol. The van der Waals surface area contributed by atoms with E-state index in [2.05, 4.69) is 27.3 Å². The van der Waals surface area contributed by atoms with Crippen molar-refractivity contribution < 1.29 is 9.47 Å². The van der Waals surface area contributed by atoms with E-state index in [0.29, 0.717) is 18.2 Å². The first-order chi connectivity index (χ1) is 11.8. The summed E-state index contributed by atoms with van der Waals surface area (Å²) in [6, 6.07) is 0.817. The van der Waals surface area contributed by atoms with Gasteiger partial charge in [-0.05, 0) is 62.3 Å². The number of ether oxygens (including phenoxy) is 2. The van der Waals surface area contributed by atoms with Crippen LogP contribution in [0.5, 0.6) is 0 Å². The molecule has 4 rings (SSSR count). The number of rotatable bonds is 6. The van der Waals surface area contributed by atoms with Crippen LogP contribution in [0.15, 0.2) is 0 Å². The zero-order valence-electron chi connectivity index (χ0n) is 14.6. The van der Waals surface area contributed by atoms with Crippen molar-refractivity contribution in [1.82, 2.24) is 25.1 Å². The molecule has 0 bridgehead atoms. The van der Waals surface area contributed by atoms with Gasteiger partial charge in [-0.3, -0.25) is 4.90 Å². The predicted octanol–water partition coefficient (Wildman–Crippen LogP) is 2.12. The van der Waals surface area contributed by atoms with E-state index in [1.165, 1.54) is 25.7 Å². The fraction of sp³-hybridized carbons (Fsp3) is 0.941. The fourth-order valence-corrected chi connectivity index (χ4v) is 3.83. The maximum Gasteiger partial charge on any atom is 0.168 e. The molecule has 1 saturated carbocycles. The first-order valence-corrected chi connectivity index (χ1v) is 9.56. The predicted molar refractivity (Wildman–Crippen MR) is 88.6 cm³/mol. The van der Waals surface area contributed by atoms with Crippen LogP contribution in [0.25, 0.3) is 0 Å². The van der Waals surface area contributed by atoms with E-state index in [0.717, 1.165) is 51.4 Å². The summed E-state index contributed by atoms with van der Waals surface area (Å²) < 4.78 is 13.9. The molecule has 1 aromatic rings. The van der Waals surface area contributed by atoms with Crippen molar-refractivity contribution in [3.05, 3.63) is 5.82 Å². The Morgan fingerprint density at radius 3 is 2.71 bits per heavy atom. The summed E-state index contributed by atoms with van der Waals surface area (Å²) in [4.78, 5) is 2.49. The van der Waals surface area contributed by atoms with Crippen LogP contribution in [0.3, 0.4) is 0 Å². The molecule has 0 aromatic carbocycles. The van der Waals surface area contributed by atoms with Crippen molar-refractivity contribution in [2.45, 2.75) is 76.2 Å². The summed E-state index contributed by atoms with van der Waals surface area (Å²) in [5.74, 6) is 1.02. The van der Waals surface area contributed by atoms with Gasteiger partial charge in [0.05, 0.1) is 30.9 Å². The second-order valence-corrected chi connectivity index (χ2v) is 7.45. The number of piperidine rings is 1. The molecule has 24 heavy (non-hydrogen) atoms. The summed E-state index contributed by atoms with van der Waals surface area (Å²) in [7, 11) is 0. The third-order valence-corrected chi connectivity index (χ3v) is 5.60. The Morgan fingerprint density at radius 2 is 2.00 bits per heavy atom. The van der Waals surface area contributed by atoms with Crippen molar-refractivity contribution in [2.75, 3.05) is 26.3 Å². The molecule has 3 fully saturated rings. The zero-order valence-corrected chi connectivity index (χ0v) is 14.6. The normalized spacial score (nSPS) is 28.1. The smallest absolute Gasteiger partial charge is 0.168 e. The Morgan fingerprint density at radius 1 is 1.17 bits per heavy atom. The summed E-state index contributed by atoms with van der Waals surface area (Å²) in [5, 5.41) is 12.4. The van der Waals surface area contributed by atoms with Crippen molar-refractivity contribution in [1.29, 1.82) is 0 Å². The summed E-state index contributed by atoms with van der Waals surface area (Å²) in [6.07, 6.45) is 8.92. The van der Waals surface area contributed by atoms with Crippen molar-refractivity contribution in [3.8, 4) is 0 Å². The average Bonchev–Trinajstić information content (AvgIpc) is 3.37. The molecule has 0 N–H and O–H groups in total. The molecule has 0 amide bonds. The van der Waals surface area contributed by atoms with Gasteiger partial charge in [0.25, 0.3) is 0 Å². The van der Waals surface area contributed by atoms with Gasteiger partial charge in [-0.25, -0.2) is 4.68 Å². The van der Waals surface area contributed by atoms with Crippen LogP contribution in [0.1, 0.15) is 69.8 Å². The minimum atomic E-state index is 0.281. The second-order valence-electron chi connectivity index (χ2n) is 7.45. The standard InChI is InChI=1S/C17H29N5O2/c1-13(17-18-19-20-22(17)14-5-6-14)21-9-7-15(8-10-21)24-12-16-4-2-3-11-23-16/h13-16H,2-12H2,1H3/t13-,16-/m0/s1. The van der Waals surface area contributed by atoms with E-state index in [9.17, 15) is 0 Å². The maximum absolute atomic E-state index is 6.12. The summed E-state index contributed by atoms with van der Waals surface area (Å²) in [6.45, 7) is 5.99. The first kappa shape index (κ1) is 16.4. The molecule has 2 atom stereocenters. The van der Waals surface area contributed by atoms with Crippen LogP contribution in [0.2, 0.25) is 0 Å².